The van der Waals surface area contributed by atoms with Crippen molar-refractivity contribution in [3.63, 3.8) is 0 Å². The highest BCUT2D eigenvalue weighted by Gasteiger charge is 2.08. The maximum atomic E-state index is 11.6. The van der Waals surface area contributed by atoms with Gasteiger partial charge in [0.25, 0.3) is 0 Å². The first-order chi connectivity index (χ1) is 9.88. The molecule has 0 aliphatic heterocycles. The molecule has 1 aromatic carbocycles. The Labute approximate surface area is 127 Å². The minimum Gasteiger partial charge on any atom is -0.481 e. The fourth-order valence-corrected chi connectivity index (χ4v) is 1.76. The monoisotopic (exact) mass is 312 g/mol. The Balaban J connectivity index is 2.34. The van der Waals surface area contributed by atoms with Crippen LogP contribution in [0.1, 0.15) is 31.2 Å². The molecule has 3 amide bonds. The zero-order valence-electron chi connectivity index (χ0n) is 11.6. The number of nitrogens with one attached hydrogen (secondary N) is 2. The molecule has 7 heteroatoms. The van der Waals surface area contributed by atoms with Gasteiger partial charge in [-0.1, -0.05) is 17.7 Å². The first kappa shape index (κ1) is 17.0. The zero-order chi connectivity index (χ0) is 15.8. The van der Waals surface area contributed by atoms with Crippen molar-refractivity contribution in [1.29, 1.82) is 0 Å². The predicted octanol–water partition coefficient (Wildman–Crippen LogP) is 2.94. The Morgan fingerprint density at radius 3 is 2.48 bits per heavy atom. The van der Waals surface area contributed by atoms with Crippen molar-refractivity contribution in [3.05, 3.63) is 28.8 Å². The van der Waals surface area contributed by atoms with Crippen molar-refractivity contribution in [2.45, 2.75) is 32.6 Å². The molecule has 0 aromatic heterocycles. The summed E-state index contributed by atoms with van der Waals surface area (Å²) in [5.41, 5.74) is 1.37. The number of carbonyl (C=O) groups excluding carboxylic acids is 2. The fourth-order valence-electron chi connectivity index (χ4n) is 1.58. The minimum atomic E-state index is -0.899. The first-order valence-corrected chi connectivity index (χ1v) is 6.85. The van der Waals surface area contributed by atoms with Crippen LogP contribution in [0.15, 0.2) is 18.2 Å². The predicted molar refractivity (Wildman–Crippen MR) is 79.5 cm³/mol. The molecule has 0 saturated carbocycles. The van der Waals surface area contributed by atoms with E-state index in [-0.39, 0.29) is 12.8 Å². The summed E-state index contributed by atoms with van der Waals surface area (Å²) in [6.45, 7) is 1.84. The molecular weight excluding hydrogens is 296 g/mol. The molecule has 0 bridgehead atoms. The maximum absolute atomic E-state index is 11.6. The average Bonchev–Trinajstić information content (AvgIpc) is 2.38. The second-order valence-corrected chi connectivity index (χ2v) is 4.97. The molecule has 0 spiro atoms. The van der Waals surface area contributed by atoms with Gasteiger partial charge < -0.3 is 10.4 Å². The molecule has 0 fully saturated rings. The van der Waals surface area contributed by atoms with E-state index in [2.05, 4.69) is 10.6 Å². The third-order valence-electron chi connectivity index (χ3n) is 2.73. The topological polar surface area (TPSA) is 95.5 Å². The normalized spacial score (nSPS) is 10.0. The summed E-state index contributed by atoms with van der Waals surface area (Å²) in [5.74, 6) is -1.35. The smallest absolute Gasteiger partial charge is 0.325 e. The number of unbranched alkanes of at least 4 members (excludes halogenated alkanes) is 1. The molecule has 0 atom stereocenters. The van der Waals surface area contributed by atoms with E-state index >= 15 is 0 Å². The van der Waals surface area contributed by atoms with Crippen molar-refractivity contribution < 1.29 is 19.5 Å². The number of benzene rings is 1. The molecule has 21 heavy (non-hydrogen) atoms. The van der Waals surface area contributed by atoms with Gasteiger partial charge >= 0.3 is 12.0 Å². The Morgan fingerprint density at radius 2 is 1.86 bits per heavy atom. The van der Waals surface area contributed by atoms with Crippen LogP contribution in [0.5, 0.6) is 0 Å². The van der Waals surface area contributed by atoms with Crippen LogP contribution in [0, 0.1) is 6.92 Å². The molecule has 0 saturated heterocycles. The first-order valence-electron chi connectivity index (χ1n) is 6.47. The van der Waals surface area contributed by atoms with Gasteiger partial charge in [0.2, 0.25) is 5.91 Å². The van der Waals surface area contributed by atoms with Gasteiger partial charge in [0.15, 0.2) is 0 Å². The molecular formula is C14H17ClN2O4. The van der Waals surface area contributed by atoms with Crippen LogP contribution in [-0.4, -0.2) is 23.0 Å². The number of hydrogen-bond acceptors (Lipinski definition) is 3. The Hall–Kier alpha value is -2.08. The Kier molecular flexibility index (Phi) is 6.68. The highest BCUT2D eigenvalue weighted by molar-refractivity contribution is 6.31. The number of rotatable bonds is 6. The standard InChI is InChI=1S/C14H17ClN2O4/c1-9-6-7-10(8-11(9)15)16-14(21)17-12(18)4-2-3-5-13(19)20/h6-8H,2-5H2,1H3,(H,19,20)(H2,16,17,18,21). The molecule has 1 aromatic rings. The van der Waals surface area contributed by atoms with E-state index in [9.17, 15) is 14.4 Å². The lowest BCUT2D eigenvalue weighted by molar-refractivity contribution is -0.137. The summed E-state index contributed by atoms with van der Waals surface area (Å²) in [5, 5.41) is 13.6. The molecule has 1 rings (SSSR count). The van der Waals surface area contributed by atoms with E-state index in [0.29, 0.717) is 23.6 Å². The molecule has 0 heterocycles. The van der Waals surface area contributed by atoms with Crippen LogP contribution in [-0.2, 0) is 9.59 Å². The Morgan fingerprint density at radius 1 is 1.19 bits per heavy atom. The molecule has 0 radical (unpaired) electrons. The number of amides is 3. The van der Waals surface area contributed by atoms with Gasteiger partial charge in [0.05, 0.1) is 0 Å². The second kappa shape index (κ2) is 8.26. The van der Waals surface area contributed by atoms with E-state index in [1.807, 2.05) is 6.92 Å². The summed E-state index contributed by atoms with van der Waals surface area (Å²) >= 11 is 5.93. The Bertz CT molecular complexity index is 546. The summed E-state index contributed by atoms with van der Waals surface area (Å²) in [4.78, 5) is 33.3. The lowest BCUT2D eigenvalue weighted by Crippen LogP contribution is -2.34. The number of aliphatic carboxylic acids is 1. The van der Waals surface area contributed by atoms with Crippen LogP contribution < -0.4 is 10.6 Å². The van der Waals surface area contributed by atoms with E-state index in [4.69, 9.17) is 16.7 Å². The lowest BCUT2D eigenvalue weighted by atomic mass is 10.2. The quantitative estimate of drug-likeness (QED) is 0.704. The van der Waals surface area contributed by atoms with E-state index in [0.717, 1.165) is 5.56 Å². The van der Waals surface area contributed by atoms with Crippen LogP contribution in [0.4, 0.5) is 10.5 Å². The van der Waals surface area contributed by atoms with Gasteiger partial charge in [-0.2, -0.15) is 0 Å². The van der Waals surface area contributed by atoms with E-state index < -0.39 is 17.9 Å². The number of anilines is 1. The number of halogens is 1. The van der Waals surface area contributed by atoms with Gasteiger partial charge in [0.1, 0.15) is 0 Å². The van der Waals surface area contributed by atoms with Gasteiger partial charge in [-0.15, -0.1) is 0 Å². The van der Waals surface area contributed by atoms with Crippen molar-refractivity contribution in [2.24, 2.45) is 0 Å². The summed E-state index contributed by atoms with van der Waals surface area (Å²) in [6.07, 6.45) is 0.941. The zero-order valence-corrected chi connectivity index (χ0v) is 12.4. The number of hydrogen-bond donors (Lipinski definition) is 3. The van der Waals surface area contributed by atoms with Crippen molar-refractivity contribution in [2.75, 3.05) is 5.32 Å². The highest BCUT2D eigenvalue weighted by Crippen LogP contribution is 2.19. The van der Waals surface area contributed by atoms with E-state index in [1.165, 1.54) is 0 Å². The van der Waals surface area contributed by atoms with Gasteiger partial charge in [-0.25, -0.2) is 4.79 Å². The minimum absolute atomic E-state index is 0.0152. The number of imide groups is 1. The number of carbonyl (C=O) groups is 3. The van der Waals surface area contributed by atoms with E-state index in [1.54, 1.807) is 18.2 Å². The fraction of sp³-hybridized carbons (Fsp3) is 0.357. The summed E-state index contributed by atoms with van der Waals surface area (Å²) in [7, 11) is 0. The number of aryl methyl sites for hydroxylation is 1. The lowest BCUT2D eigenvalue weighted by Gasteiger charge is -2.07. The van der Waals surface area contributed by atoms with Crippen LogP contribution in [0.3, 0.4) is 0 Å². The molecule has 6 nitrogen and oxygen atoms in total. The van der Waals surface area contributed by atoms with Crippen LogP contribution in [0.2, 0.25) is 5.02 Å². The summed E-state index contributed by atoms with van der Waals surface area (Å²) < 4.78 is 0. The molecule has 0 unspecified atom stereocenters. The third-order valence-corrected chi connectivity index (χ3v) is 3.13. The van der Waals surface area contributed by atoms with Crippen molar-refractivity contribution in [1.82, 2.24) is 5.32 Å². The number of urea groups is 1. The van der Waals surface area contributed by atoms with Crippen molar-refractivity contribution >= 4 is 35.2 Å². The molecule has 0 aliphatic carbocycles. The molecule has 114 valence electrons. The van der Waals surface area contributed by atoms with Gasteiger partial charge in [0, 0.05) is 23.6 Å². The van der Waals surface area contributed by atoms with Crippen LogP contribution in [0.25, 0.3) is 0 Å². The van der Waals surface area contributed by atoms with Crippen molar-refractivity contribution in [3.8, 4) is 0 Å². The largest absolute Gasteiger partial charge is 0.481 e. The highest BCUT2D eigenvalue weighted by atomic mass is 35.5. The number of carboxylic acid groups (broad SMARTS) is 1. The van der Waals surface area contributed by atoms with Gasteiger partial charge in [-0.05, 0) is 37.5 Å². The SMILES string of the molecule is Cc1ccc(NC(=O)NC(=O)CCCCC(=O)O)cc1Cl. The summed E-state index contributed by atoms with van der Waals surface area (Å²) in [6, 6.07) is 4.38. The van der Waals surface area contributed by atoms with Gasteiger partial charge in [-0.3, -0.25) is 14.9 Å². The molecule has 0 aliphatic rings. The average molecular weight is 313 g/mol. The molecule has 3 N–H and O–H groups in total. The van der Waals surface area contributed by atoms with Crippen LogP contribution >= 0.6 is 11.6 Å². The maximum Gasteiger partial charge on any atom is 0.325 e. The second-order valence-electron chi connectivity index (χ2n) is 4.57. The third kappa shape index (κ3) is 6.76. The number of carboxylic acids is 1.